The van der Waals surface area contributed by atoms with E-state index in [1.807, 2.05) is 17.5 Å². The van der Waals surface area contributed by atoms with E-state index in [-0.39, 0.29) is 11.4 Å². The summed E-state index contributed by atoms with van der Waals surface area (Å²) in [6.45, 7) is 0.177. The Hall–Kier alpha value is -1.28. The van der Waals surface area contributed by atoms with Crippen LogP contribution in [0.2, 0.25) is 0 Å². The molecular weight excluding hydrogens is 284 g/mol. The number of sulfonamides is 1. The van der Waals surface area contributed by atoms with Gasteiger partial charge in [-0.15, -0.1) is 11.3 Å². The third kappa shape index (κ3) is 3.84. The van der Waals surface area contributed by atoms with E-state index < -0.39 is 16.1 Å². The predicted molar refractivity (Wildman–Crippen MR) is 73.3 cm³/mol. The normalized spacial score (nSPS) is 13.3. The van der Waals surface area contributed by atoms with Gasteiger partial charge in [0.05, 0.1) is 6.10 Å². The van der Waals surface area contributed by atoms with Crippen molar-refractivity contribution >= 4 is 21.4 Å². The summed E-state index contributed by atoms with van der Waals surface area (Å²) in [5.41, 5.74) is 0. The van der Waals surface area contributed by atoms with Crippen LogP contribution in [-0.2, 0) is 10.0 Å². The fourth-order valence-electron chi connectivity index (χ4n) is 1.54. The highest BCUT2D eigenvalue weighted by Gasteiger charge is 2.15. The number of aliphatic hydroxyl groups is 1. The van der Waals surface area contributed by atoms with Crippen LogP contribution in [0.5, 0.6) is 0 Å². The zero-order valence-corrected chi connectivity index (χ0v) is 11.7. The Morgan fingerprint density at radius 3 is 2.84 bits per heavy atom. The molecule has 7 heteroatoms. The summed E-state index contributed by atoms with van der Waals surface area (Å²) in [6, 6.07) is 6.72. The Morgan fingerprint density at radius 1 is 1.37 bits per heavy atom. The average Bonchev–Trinajstić information content (AvgIpc) is 2.93. The molecule has 0 amide bonds. The van der Waals surface area contributed by atoms with Gasteiger partial charge < -0.3 is 5.11 Å². The smallest absolute Gasteiger partial charge is 0.242 e. The van der Waals surface area contributed by atoms with Gasteiger partial charge in [-0.3, -0.25) is 4.98 Å². The number of nitrogens with one attached hydrogen (secondary N) is 1. The highest BCUT2D eigenvalue weighted by Crippen LogP contribution is 2.21. The maximum atomic E-state index is 11.9. The number of rotatable bonds is 6. The molecule has 2 N–H and O–H groups in total. The minimum Gasteiger partial charge on any atom is -0.388 e. The van der Waals surface area contributed by atoms with E-state index in [1.165, 1.54) is 29.8 Å². The van der Waals surface area contributed by atoms with Crippen LogP contribution in [0.4, 0.5) is 0 Å². The van der Waals surface area contributed by atoms with E-state index in [1.54, 1.807) is 6.07 Å². The predicted octanol–water partition coefficient (Wildman–Crippen LogP) is 1.55. The Morgan fingerprint density at radius 2 is 2.21 bits per heavy atom. The Bertz CT molecular complexity index is 597. The van der Waals surface area contributed by atoms with E-state index in [2.05, 4.69) is 9.71 Å². The second kappa shape index (κ2) is 6.25. The van der Waals surface area contributed by atoms with Gasteiger partial charge in [0.15, 0.2) is 0 Å². The zero-order chi connectivity index (χ0) is 13.7. The van der Waals surface area contributed by atoms with Gasteiger partial charge in [0.2, 0.25) is 10.0 Å². The van der Waals surface area contributed by atoms with E-state index in [0.717, 1.165) is 4.88 Å². The molecular formula is C12H14N2O3S2. The van der Waals surface area contributed by atoms with Gasteiger partial charge in [0, 0.05) is 23.8 Å². The zero-order valence-electron chi connectivity index (χ0n) is 10.1. The number of nitrogens with zero attached hydrogens (tertiary/aromatic N) is 1. The summed E-state index contributed by atoms with van der Waals surface area (Å²) >= 11 is 1.45. The first-order valence-electron chi connectivity index (χ1n) is 5.71. The van der Waals surface area contributed by atoms with Crippen LogP contribution in [0.1, 0.15) is 17.4 Å². The molecule has 2 rings (SSSR count). The molecule has 2 heterocycles. The molecule has 0 aliphatic heterocycles. The fraction of sp³-hybridized carbons (Fsp3) is 0.250. The molecule has 0 aliphatic carbocycles. The topological polar surface area (TPSA) is 79.3 Å². The third-order valence-corrected chi connectivity index (χ3v) is 4.95. The number of aromatic nitrogens is 1. The summed E-state index contributed by atoms with van der Waals surface area (Å²) in [4.78, 5) is 4.73. The van der Waals surface area contributed by atoms with Crippen LogP contribution in [0, 0.1) is 0 Å². The van der Waals surface area contributed by atoms with E-state index in [0.29, 0.717) is 6.42 Å². The second-order valence-electron chi connectivity index (χ2n) is 3.91. The summed E-state index contributed by atoms with van der Waals surface area (Å²) in [7, 11) is -3.54. The minimum atomic E-state index is -3.54. The van der Waals surface area contributed by atoms with Crippen LogP contribution in [-0.4, -0.2) is 25.1 Å². The molecule has 0 saturated heterocycles. The molecule has 0 saturated carbocycles. The van der Waals surface area contributed by atoms with Crippen molar-refractivity contribution in [3.63, 3.8) is 0 Å². The maximum absolute atomic E-state index is 11.9. The highest BCUT2D eigenvalue weighted by molar-refractivity contribution is 7.89. The molecule has 0 bridgehead atoms. The first-order chi connectivity index (χ1) is 9.09. The van der Waals surface area contributed by atoms with E-state index >= 15 is 0 Å². The largest absolute Gasteiger partial charge is 0.388 e. The Balaban J connectivity index is 1.89. The lowest BCUT2D eigenvalue weighted by molar-refractivity contribution is 0.173. The van der Waals surface area contributed by atoms with Crippen LogP contribution in [0.25, 0.3) is 0 Å². The summed E-state index contributed by atoms with van der Waals surface area (Å²) < 4.78 is 26.2. The molecule has 0 fully saturated rings. The molecule has 5 nitrogen and oxygen atoms in total. The van der Waals surface area contributed by atoms with Crippen molar-refractivity contribution in [3.05, 3.63) is 46.9 Å². The van der Waals surface area contributed by atoms with Gasteiger partial charge in [-0.1, -0.05) is 6.07 Å². The van der Waals surface area contributed by atoms with Gasteiger partial charge in [-0.2, -0.15) is 0 Å². The number of hydrogen-bond acceptors (Lipinski definition) is 5. The van der Waals surface area contributed by atoms with Crippen LogP contribution < -0.4 is 4.72 Å². The van der Waals surface area contributed by atoms with E-state index in [4.69, 9.17) is 0 Å². The average molecular weight is 298 g/mol. The van der Waals surface area contributed by atoms with Crippen molar-refractivity contribution in [1.29, 1.82) is 0 Å². The Kier molecular flexibility index (Phi) is 4.65. The maximum Gasteiger partial charge on any atom is 0.242 e. The van der Waals surface area contributed by atoms with E-state index in [9.17, 15) is 13.5 Å². The number of thiophene rings is 1. The minimum absolute atomic E-state index is 0.126. The summed E-state index contributed by atoms with van der Waals surface area (Å²) in [5, 5.41) is 11.7. The van der Waals surface area contributed by atoms with Gasteiger partial charge in [-0.05, 0) is 30.0 Å². The van der Waals surface area contributed by atoms with Crippen molar-refractivity contribution in [2.75, 3.05) is 6.54 Å². The van der Waals surface area contributed by atoms with Crippen molar-refractivity contribution in [2.24, 2.45) is 0 Å². The van der Waals surface area contributed by atoms with Crippen molar-refractivity contribution in [2.45, 2.75) is 17.4 Å². The van der Waals surface area contributed by atoms with Gasteiger partial charge in [-0.25, -0.2) is 13.1 Å². The molecule has 102 valence electrons. The first-order valence-corrected chi connectivity index (χ1v) is 8.07. The lowest BCUT2D eigenvalue weighted by Crippen LogP contribution is -2.25. The molecule has 0 aromatic carbocycles. The molecule has 2 aromatic heterocycles. The number of aliphatic hydroxyl groups excluding tert-OH is 1. The lowest BCUT2D eigenvalue weighted by Gasteiger charge is -2.10. The third-order valence-electron chi connectivity index (χ3n) is 2.53. The number of pyridine rings is 1. The highest BCUT2D eigenvalue weighted by atomic mass is 32.2. The van der Waals surface area contributed by atoms with Gasteiger partial charge >= 0.3 is 0 Å². The standard InChI is InChI=1S/C12H14N2O3S2/c15-11(12-4-2-8-18-12)5-7-14-19(16,17)10-3-1-6-13-9-10/h1-4,6,8-9,11,14-15H,5,7H2. The summed E-state index contributed by atoms with van der Waals surface area (Å²) in [6.07, 6.45) is 2.49. The number of hydrogen-bond donors (Lipinski definition) is 2. The summed E-state index contributed by atoms with van der Waals surface area (Å²) in [5.74, 6) is 0. The van der Waals surface area contributed by atoms with Crippen LogP contribution in [0.3, 0.4) is 0 Å². The molecule has 1 atom stereocenters. The molecule has 2 aromatic rings. The molecule has 0 spiro atoms. The second-order valence-corrected chi connectivity index (χ2v) is 6.65. The molecule has 0 radical (unpaired) electrons. The van der Waals surface area contributed by atoms with Gasteiger partial charge in [0.1, 0.15) is 4.90 Å². The first kappa shape index (κ1) is 14.1. The van der Waals surface area contributed by atoms with Crippen molar-refractivity contribution in [3.8, 4) is 0 Å². The van der Waals surface area contributed by atoms with Crippen LogP contribution >= 0.6 is 11.3 Å². The monoisotopic (exact) mass is 298 g/mol. The molecule has 0 aliphatic rings. The van der Waals surface area contributed by atoms with Crippen LogP contribution in [0.15, 0.2) is 46.9 Å². The Labute approximate surface area is 116 Å². The van der Waals surface area contributed by atoms with Gasteiger partial charge in [0.25, 0.3) is 0 Å². The fourth-order valence-corrected chi connectivity index (χ4v) is 3.30. The molecule has 1 unspecified atom stereocenters. The SMILES string of the molecule is O=S(=O)(NCCC(O)c1cccs1)c1cccnc1. The lowest BCUT2D eigenvalue weighted by atomic mass is 10.2. The molecule has 19 heavy (non-hydrogen) atoms. The quantitative estimate of drug-likeness (QED) is 0.848. The van der Waals surface area contributed by atoms with Crippen molar-refractivity contribution in [1.82, 2.24) is 9.71 Å². The van der Waals surface area contributed by atoms with Crippen molar-refractivity contribution < 1.29 is 13.5 Å².